The molecule has 1 saturated carbocycles. The molecule has 4 heteroatoms. The molecule has 0 bridgehead atoms. The van der Waals surface area contributed by atoms with Gasteiger partial charge >= 0.3 is 0 Å². The van der Waals surface area contributed by atoms with Gasteiger partial charge in [-0.25, -0.2) is 0 Å². The first kappa shape index (κ1) is 14.5. The lowest BCUT2D eigenvalue weighted by molar-refractivity contribution is 0.183. The van der Waals surface area contributed by atoms with Crippen LogP contribution in [0.25, 0.3) is 0 Å². The zero-order chi connectivity index (χ0) is 13.7. The molecule has 4 nitrogen and oxygen atoms in total. The highest BCUT2D eigenvalue weighted by Gasteiger charge is 2.29. The van der Waals surface area contributed by atoms with Crippen LogP contribution in [0.15, 0.2) is 6.20 Å². The van der Waals surface area contributed by atoms with Crippen molar-refractivity contribution >= 4 is 0 Å². The molecule has 0 spiro atoms. The van der Waals surface area contributed by atoms with E-state index in [4.69, 9.17) is 0 Å². The van der Waals surface area contributed by atoms with Crippen LogP contribution in [-0.4, -0.2) is 28.1 Å². The van der Waals surface area contributed by atoms with Gasteiger partial charge in [-0.15, -0.1) is 5.10 Å². The summed E-state index contributed by atoms with van der Waals surface area (Å²) >= 11 is 0. The minimum absolute atomic E-state index is 0.768. The summed E-state index contributed by atoms with van der Waals surface area (Å²) in [7, 11) is 1.94. The highest BCUT2D eigenvalue weighted by Crippen LogP contribution is 2.35. The third kappa shape index (κ3) is 4.30. The van der Waals surface area contributed by atoms with Crippen LogP contribution in [0.2, 0.25) is 0 Å². The van der Waals surface area contributed by atoms with Gasteiger partial charge in [-0.3, -0.25) is 4.68 Å². The van der Waals surface area contributed by atoms with Crippen molar-refractivity contribution in [3.8, 4) is 0 Å². The maximum atomic E-state index is 4.26. The van der Waals surface area contributed by atoms with Crippen molar-refractivity contribution in [2.75, 3.05) is 13.1 Å². The minimum Gasteiger partial charge on any atom is -0.316 e. The molecule has 0 saturated heterocycles. The van der Waals surface area contributed by atoms with E-state index in [1.165, 1.54) is 32.2 Å². The molecule has 0 radical (unpaired) electrons. The topological polar surface area (TPSA) is 42.7 Å². The lowest BCUT2D eigenvalue weighted by atomic mass is 9.73. The predicted molar refractivity (Wildman–Crippen MR) is 77.9 cm³/mol. The summed E-state index contributed by atoms with van der Waals surface area (Å²) in [6, 6.07) is 0. The van der Waals surface area contributed by atoms with E-state index in [9.17, 15) is 0 Å². The average Bonchev–Trinajstić information content (AvgIpc) is 2.78. The molecule has 2 rings (SSSR count). The lowest BCUT2D eigenvalue weighted by Gasteiger charge is -2.34. The third-order valence-electron chi connectivity index (χ3n) is 4.36. The number of rotatable bonds is 6. The first-order chi connectivity index (χ1) is 9.19. The van der Waals surface area contributed by atoms with Crippen LogP contribution in [0.4, 0.5) is 0 Å². The van der Waals surface area contributed by atoms with Crippen LogP contribution in [-0.2, 0) is 13.5 Å². The fourth-order valence-electron chi connectivity index (χ4n) is 3.30. The van der Waals surface area contributed by atoms with E-state index in [1.54, 1.807) is 0 Å². The number of nitrogens with one attached hydrogen (secondary N) is 1. The number of aryl methyl sites for hydroxylation is 1. The molecule has 1 heterocycles. The Morgan fingerprint density at radius 2 is 2.21 bits per heavy atom. The molecule has 108 valence electrons. The number of aromatic nitrogens is 3. The van der Waals surface area contributed by atoms with Gasteiger partial charge in [0.25, 0.3) is 0 Å². The van der Waals surface area contributed by atoms with Gasteiger partial charge in [0.15, 0.2) is 0 Å². The lowest BCUT2D eigenvalue weighted by Crippen LogP contribution is -2.34. The Bertz CT molecular complexity index is 374. The Labute approximate surface area is 117 Å². The zero-order valence-electron chi connectivity index (χ0n) is 12.6. The summed E-state index contributed by atoms with van der Waals surface area (Å²) in [5.74, 6) is 2.44. The van der Waals surface area contributed by atoms with Gasteiger partial charge in [0.05, 0.1) is 5.69 Å². The van der Waals surface area contributed by atoms with Crippen molar-refractivity contribution in [2.24, 2.45) is 24.8 Å². The zero-order valence-corrected chi connectivity index (χ0v) is 12.6. The number of hydrogen-bond donors (Lipinski definition) is 1. The van der Waals surface area contributed by atoms with Crippen molar-refractivity contribution in [3.05, 3.63) is 11.9 Å². The van der Waals surface area contributed by atoms with Crippen molar-refractivity contribution in [2.45, 2.75) is 46.0 Å². The predicted octanol–water partition coefficient (Wildman–Crippen LogP) is 2.41. The number of nitrogens with zero attached hydrogens (tertiary/aromatic N) is 3. The molecule has 1 aliphatic carbocycles. The van der Waals surface area contributed by atoms with Crippen LogP contribution in [0.5, 0.6) is 0 Å². The van der Waals surface area contributed by atoms with Gasteiger partial charge in [0.1, 0.15) is 0 Å². The summed E-state index contributed by atoms with van der Waals surface area (Å²) < 4.78 is 1.81. The van der Waals surface area contributed by atoms with Crippen molar-refractivity contribution < 1.29 is 0 Å². The van der Waals surface area contributed by atoms with E-state index in [2.05, 4.69) is 35.7 Å². The van der Waals surface area contributed by atoms with Crippen LogP contribution in [0.3, 0.4) is 0 Å². The summed E-state index contributed by atoms with van der Waals surface area (Å²) in [5.41, 5.74) is 1.15. The Kier molecular flexibility index (Phi) is 5.37. The molecule has 1 aromatic rings. The molecule has 1 N–H and O–H groups in total. The maximum absolute atomic E-state index is 4.26. The van der Waals surface area contributed by atoms with Gasteiger partial charge < -0.3 is 5.32 Å². The molecule has 3 unspecified atom stereocenters. The number of hydrogen-bond acceptors (Lipinski definition) is 3. The first-order valence-electron chi connectivity index (χ1n) is 7.75. The molecular weight excluding hydrogens is 236 g/mol. The Morgan fingerprint density at radius 1 is 1.37 bits per heavy atom. The summed E-state index contributed by atoms with van der Waals surface area (Å²) in [6.45, 7) is 6.93. The van der Waals surface area contributed by atoms with Gasteiger partial charge in [0.2, 0.25) is 0 Å². The molecule has 19 heavy (non-hydrogen) atoms. The molecule has 1 fully saturated rings. The van der Waals surface area contributed by atoms with Crippen LogP contribution < -0.4 is 5.32 Å². The second kappa shape index (κ2) is 7.04. The average molecular weight is 264 g/mol. The second-order valence-electron chi connectivity index (χ2n) is 6.23. The van der Waals surface area contributed by atoms with Crippen molar-refractivity contribution in [1.29, 1.82) is 0 Å². The highest BCUT2D eigenvalue weighted by molar-refractivity contribution is 4.96. The largest absolute Gasteiger partial charge is 0.316 e. The van der Waals surface area contributed by atoms with E-state index in [1.807, 2.05) is 11.7 Å². The van der Waals surface area contributed by atoms with E-state index < -0.39 is 0 Å². The molecule has 0 aliphatic heterocycles. The third-order valence-corrected chi connectivity index (χ3v) is 4.36. The SMILES string of the molecule is CCCNCC1CCC(C)CC1Cc1cn(C)nn1. The summed E-state index contributed by atoms with van der Waals surface area (Å²) in [5, 5.41) is 11.9. The molecule has 3 atom stereocenters. The standard InChI is InChI=1S/C15H28N4/c1-4-7-16-10-13-6-5-12(2)8-14(13)9-15-11-19(3)18-17-15/h11-14,16H,4-10H2,1-3H3. The molecular formula is C15H28N4. The van der Waals surface area contributed by atoms with Crippen LogP contribution >= 0.6 is 0 Å². The fraction of sp³-hybridized carbons (Fsp3) is 0.867. The monoisotopic (exact) mass is 264 g/mol. The molecule has 0 amide bonds. The Balaban J connectivity index is 1.91. The van der Waals surface area contributed by atoms with E-state index in [0.717, 1.165) is 36.4 Å². The summed E-state index contributed by atoms with van der Waals surface area (Å²) in [4.78, 5) is 0. The molecule has 1 aromatic heterocycles. The van der Waals surface area contributed by atoms with Gasteiger partial charge in [-0.2, -0.15) is 0 Å². The van der Waals surface area contributed by atoms with Crippen molar-refractivity contribution in [1.82, 2.24) is 20.3 Å². The highest BCUT2D eigenvalue weighted by atomic mass is 15.4. The fourth-order valence-corrected chi connectivity index (χ4v) is 3.30. The van der Waals surface area contributed by atoms with Gasteiger partial charge in [0, 0.05) is 13.2 Å². The van der Waals surface area contributed by atoms with E-state index >= 15 is 0 Å². The second-order valence-corrected chi connectivity index (χ2v) is 6.23. The first-order valence-corrected chi connectivity index (χ1v) is 7.75. The quantitative estimate of drug-likeness (QED) is 0.802. The normalized spacial score (nSPS) is 27.6. The maximum Gasteiger partial charge on any atom is 0.0829 e. The Morgan fingerprint density at radius 3 is 2.89 bits per heavy atom. The van der Waals surface area contributed by atoms with E-state index in [-0.39, 0.29) is 0 Å². The molecule has 1 aliphatic rings. The minimum atomic E-state index is 0.768. The van der Waals surface area contributed by atoms with Gasteiger partial charge in [-0.05, 0) is 56.5 Å². The van der Waals surface area contributed by atoms with Crippen molar-refractivity contribution in [3.63, 3.8) is 0 Å². The molecule has 0 aromatic carbocycles. The van der Waals surface area contributed by atoms with E-state index in [0.29, 0.717) is 0 Å². The van der Waals surface area contributed by atoms with Crippen LogP contribution in [0.1, 0.15) is 45.2 Å². The van der Waals surface area contributed by atoms with Crippen LogP contribution in [0, 0.1) is 17.8 Å². The smallest absolute Gasteiger partial charge is 0.0829 e. The van der Waals surface area contributed by atoms with Gasteiger partial charge in [-0.1, -0.05) is 25.5 Å². The summed E-state index contributed by atoms with van der Waals surface area (Å²) in [6.07, 6.45) is 8.47. The Hall–Kier alpha value is -0.900.